The third-order valence-electron chi connectivity index (χ3n) is 10.8. The minimum atomic E-state index is -0.483. The first-order valence-electron chi connectivity index (χ1n) is 16.4. The average Bonchev–Trinajstić information content (AvgIpc) is 3.86. The fourth-order valence-electron chi connectivity index (χ4n) is 8.90. The molecule has 0 radical (unpaired) electrons. The third-order valence-corrected chi connectivity index (χ3v) is 13.4. The standard InChI is InChI=1S/C38H30FN3O6S2/c1-47-27-15-19(9-14-26(27)48-17-28(43)40-25-8-4-6-18-5-2-3-7-22(18)25)29-30-23-16-24(33(30)49-35-34(29)50-38(46)41-35)32-31(23)36(44)42(37(32)45)21-12-10-20(39)11-13-21/h2-15,23-24,29-33H,16-17H2,1H3,(H,40,43)(H,41,46)/t23?,24?,29-,30?,31?,32?,33?/m1/s1. The number of aromatic nitrogens is 1. The van der Waals surface area contributed by atoms with Crippen molar-refractivity contribution in [2.75, 3.05) is 23.9 Å². The summed E-state index contributed by atoms with van der Waals surface area (Å²) in [6.45, 7) is -0.235. The molecule has 50 heavy (non-hydrogen) atoms. The summed E-state index contributed by atoms with van der Waals surface area (Å²) in [5.74, 6) is -1.70. The number of carbonyl (C=O) groups excluding carboxylic acids is 3. The number of nitrogens with zero attached hydrogens (tertiary/aromatic N) is 1. The number of hydrogen-bond acceptors (Lipinski definition) is 8. The lowest BCUT2D eigenvalue weighted by Gasteiger charge is -2.43. The van der Waals surface area contributed by atoms with Gasteiger partial charge in [0.1, 0.15) is 5.82 Å². The van der Waals surface area contributed by atoms with E-state index in [1.807, 2.05) is 54.6 Å². The molecule has 12 heteroatoms. The molecule has 2 aliphatic heterocycles. The van der Waals surface area contributed by atoms with Gasteiger partial charge in [-0.3, -0.25) is 24.1 Å². The molecular weight excluding hydrogens is 678 g/mol. The summed E-state index contributed by atoms with van der Waals surface area (Å²) in [6.07, 6.45) is 0.742. The normalized spacial score (nSPS) is 26.1. The first-order valence-corrected chi connectivity index (χ1v) is 18.1. The van der Waals surface area contributed by atoms with E-state index >= 15 is 0 Å². The van der Waals surface area contributed by atoms with E-state index in [1.165, 1.54) is 47.6 Å². The predicted molar refractivity (Wildman–Crippen MR) is 188 cm³/mol. The maximum atomic E-state index is 14.0. The number of imide groups is 1. The van der Waals surface area contributed by atoms with E-state index in [-0.39, 0.29) is 58.1 Å². The molecule has 2 bridgehead atoms. The van der Waals surface area contributed by atoms with Gasteiger partial charge in [-0.1, -0.05) is 53.8 Å². The Hall–Kier alpha value is -4.94. The third kappa shape index (κ3) is 4.79. The van der Waals surface area contributed by atoms with Gasteiger partial charge in [-0.2, -0.15) is 0 Å². The molecule has 9 rings (SSSR count). The van der Waals surface area contributed by atoms with Gasteiger partial charge >= 0.3 is 4.87 Å². The average molecular weight is 708 g/mol. The number of hydrogen-bond donors (Lipinski definition) is 2. The van der Waals surface area contributed by atoms with Crippen molar-refractivity contribution >= 4 is 63.0 Å². The van der Waals surface area contributed by atoms with E-state index in [1.54, 1.807) is 17.8 Å². The molecule has 3 heterocycles. The van der Waals surface area contributed by atoms with Crippen molar-refractivity contribution < 1.29 is 28.2 Å². The molecule has 5 aromatic rings. The molecule has 2 saturated carbocycles. The van der Waals surface area contributed by atoms with Crippen molar-refractivity contribution in [1.29, 1.82) is 0 Å². The quantitative estimate of drug-likeness (QED) is 0.187. The molecule has 1 aromatic heterocycles. The number of amides is 3. The van der Waals surface area contributed by atoms with Crippen LogP contribution in [0, 0.1) is 35.4 Å². The van der Waals surface area contributed by atoms with E-state index in [4.69, 9.17) is 9.47 Å². The summed E-state index contributed by atoms with van der Waals surface area (Å²) in [4.78, 5) is 58.5. The number of halogens is 1. The zero-order valence-corrected chi connectivity index (χ0v) is 28.3. The highest BCUT2D eigenvalue weighted by Crippen LogP contribution is 2.68. The van der Waals surface area contributed by atoms with E-state index in [2.05, 4.69) is 10.3 Å². The Kier molecular flexibility index (Phi) is 7.36. The molecule has 1 saturated heterocycles. The second kappa shape index (κ2) is 11.8. The van der Waals surface area contributed by atoms with Gasteiger partial charge in [0.15, 0.2) is 18.1 Å². The lowest BCUT2D eigenvalue weighted by atomic mass is 9.68. The summed E-state index contributed by atoms with van der Waals surface area (Å²) in [6, 6.07) is 24.6. The Morgan fingerprint density at radius 2 is 1.70 bits per heavy atom. The van der Waals surface area contributed by atoms with Crippen molar-refractivity contribution in [3.8, 4) is 11.5 Å². The van der Waals surface area contributed by atoms with Crippen LogP contribution in [0.5, 0.6) is 11.5 Å². The lowest BCUT2D eigenvalue weighted by Crippen LogP contribution is -2.42. The Bertz CT molecular complexity index is 2270. The van der Waals surface area contributed by atoms with Gasteiger partial charge in [-0.15, -0.1) is 11.8 Å². The molecule has 3 fully saturated rings. The van der Waals surface area contributed by atoms with E-state index in [9.17, 15) is 23.6 Å². The maximum Gasteiger partial charge on any atom is 0.305 e. The van der Waals surface area contributed by atoms with Crippen molar-refractivity contribution in [2.24, 2.45) is 29.6 Å². The summed E-state index contributed by atoms with van der Waals surface area (Å²) >= 11 is 2.78. The van der Waals surface area contributed by atoms with Gasteiger partial charge in [0.25, 0.3) is 5.91 Å². The van der Waals surface area contributed by atoms with Crippen molar-refractivity contribution in [3.63, 3.8) is 0 Å². The number of H-pyrrole nitrogens is 1. The van der Waals surface area contributed by atoms with Gasteiger partial charge in [0.05, 0.1) is 29.7 Å². The minimum absolute atomic E-state index is 0.00797. The predicted octanol–water partition coefficient (Wildman–Crippen LogP) is 6.43. The van der Waals surface area contributed by atoms with Gasteiger partial charge in [0.2, 0.25) is 11.8 Å². The number of thiazole rings is 1. The number of anilines is 2. The zero-order valence-electron chi connectivity index (χ0n) is 26.6. The summed E-state index contributed by atoms with van der Waals surface area (Å²) in [5.41, 5.74) is 1.98. The van der Waals surface area contributed by atoms with Crippen LogP contribution in [0.3, 0.4) is 0 Å². The van der Waals surface area contributed by atoms with Gasteiger partial charge in [-0.05, 0) is 77.6 Å². The van der Waals surface area contributed by atoms with Crippen LogP contribution >= 0.6 is 23.1 Å². The molecule has 9 nitrogen and oxygen atoms in total. The number of benzene rings is 4. The second-order valence-electron chi connectivity index (χ2n) is 13.2. The van der Waals surface area contributed by atoms with Crippen LogP contribution in [0.25, 0.3) is 10.8 Å². The number of carbonyl (C=O) groups is 3. The topological polar surface area (TPSA) is 118 Å². The Morgan fingerprint density at radius 1 is 0.940 bits per heavy atom. The van der Waals surface area contributed by atoms with E-state index in [0.29, 0.717) is 22.9 Å². The van der Waals surface area contributed by atoms with Crippen LogP contribution < -0.4 is 24.6 Å². The minimum Gasteiger partial charge on any atom is -0.493 e. The van der Waals surface area contributed by atoms with E-state index in [0.717, 1.165) is 32.7 Å². The lowest BCUT2D eigenvalue weighted by molar-refractivity contribution is -0.123. The highest BCUT2D eigenvalue weighted by molar-refractivity contribution is 8.00. The van der Waals surface area contributed by atoms with Crippen LogP contribution in [0.1, 0.15) is 22.8 Å². The first kappa shape index (κ1) is 31.1. The number of aromatic amines is 1. The fraction of sp³-hybridized carbons (Fsp3) is 0.263. The van der Waals surface area contributed by atoms with E-state index < -0.39 is 17.7 Å². The van der Waals surface area contributed by atoms with Crippen molar-refractivity contribution in [1.82, 2.24) is 4.98 Å². The highest BCUT2D eigenvalue weighted by atomic mass is 32.2. The van der Waals surface area contributed by atoms with Gasteiger partial charge in [-0.25, -0.2) is 4.39 Å². The van der Waals surface area contributed by atoms with Crippen molar-refractivity contribution in [2.45, 2.75) is 22.6 Å². The van der Waals surface area contributed by atoms with Crippen LogP contribution in [-0.4, -0.2) is 41.7 Å². The molecular formula is C38H30FN3O6S2. The second-order valence-corrected chi connectivity index (χ2v) is 15.4. The van der Waals surface area contributed by atoms with Crippen LogP contribution in [0.2, 0.25) is 0 Å². The molecule has 0 spiro atoms. The van der Waals surface area contributed by atoms with Gasteiger partial charge in [0, 0.05) is 27.1 Å². The number of ether oxygens (including phenoxy) is 2. The number of nitrogens with one attached hydrogen (secondary N) is 2. The number of methoxy groups -OCH3 is 1. The Balaban J connectivity index is 1.00. The molecule has 2 aliphatic carbocycles. The number of rotatable bonds is 7. The molecule has 7 atom stereocenters. The van der Waals surface area contributed by atoms with Crippen molar-refractivity contribution in [3.05, 3.63) is 111 Å². The molecule has 4 aliphatic rings. The summed E-state index contributed by atoms with van der Waals surface area (Å²) < 4.78 is 25.4. The summed E-state index contributed by atoms with van der Waals surface area (Å²) in [7, 11) is 1.54. The Morgan fingerprint density at radius 3 is 2.50 bits per heavy atom. The summed E-state index contributed by atoms with van der Waals surface area (Å²) in [5, 5.41) is 5.69. The molecule has 3 amide bonds. The zero-order chi connectivity index (χ0) is 34.3. The monoisotopic (exact) mass is 707 g/mol. The first-order chi connectivity index (χ1) is 24.3. The molecule has 4 aromatic carbocycles. The van der Waals surface area contributed by atoms with Crippen LogP contribution in [-0.2, 0) is 14.4 Å². The molecule has 252 valence electrons. The molecule has 6 unspecified atom stereocenters. The largest absolute Gasteiger partial charge is 0.493 e. The number of thioether (sulfide) groups is 1. The van der Waals surface area contributed by atoms with Crippen LogP contribution in [0.15, 0.2) is 94.7 Å². The smallest absolute Gasteiger partial charge is 0.305 e. The molecule has 2 N–H and O–H groups in total. The van der Waals surface area contributed by atoms with Gasteiger partial charge < -0.3 is 19.8 Å². The highest BCUT2D eigenvalue weighted by Gasteiger charge is 2.69. The number of fused-ring (bicyclic) bond motifs is 10. The SMILES string of the molecule is COc1cc([C@H]2c3sc(=O)[nH]c3SC3C4CC(C5C(=O)N(c6ccc(F)cc6)C(=O)C45)C32)ccc1OCC(=O)Nc1cccc2ccccc12. The maximum absolute atomic E-state index is 14.0. The Labute approximate surface area is 293 Å². The fourth-order valence-corrected chi connectivity index (χ4v) is 11.8. The van der Waals surface area contributed by atoms with Crippen LogP contribution in [0.4, 0.5) is 15.8 Å².